The van der Waals surface area contributed by atoms with Gasteiger partial charge >= 0.3 is 0 Å². The van der Waals surface area contributed by atoms with Crippen LogP contribution in [0.15, 0.2) is 56.9 Å². The van der Waals surface area contributed by atoms with Crippen molar-refractivity contribution in [1.29, 1.82) is 0 Å². The van der Waals surface area contributed by atoms with Crippen molar-refractivity contribution in [3.63, 3.8) is 0 Å². The molecule has 6 nitrogen and oxygen atoms in total. The summed E-state index contributed by atoms with van der Waals surface area (Å²) in [5.41, 5.74) is 1.71. The van der Waals surface area contributed by atoms with Crippen LogP contribution < -0.4 is 9.44 Å². The third kappa shape index (κ3) is 4.99. The summed E-state index contributed by atoms with van der Waals surface area (Å²) in [5.74, 6) is 0. The first-order valence-electron chi connectivity index (χ1n) is 11.0. The van der Waals surface area contributed by atoms with E-state index < -0.39 is 20.0 Å². The van der Waals surface area contributed by atoms with Crippen molar-refractivity contribution < 1.29 is 16.8 Å². The number of hydrogen-bond acceptors (Lipinski definition) is 6. The third-order valence-corrected chi connectivity index (χ3v) is 13.4. The van der Waals surface area contributed by atoms with E-state index in [1.807, 2.05) is 0 Å². The molecule has 0 spiro atoms. The molecule has 2 N–H and O–H groups in total. The maximum absolute atomic E-state index is 13.5. The molecule has 2 heterocycles. The number of anilines is 2. The lowest BCUT2D eigenvalue weighted by atomic mass is 10.2. The molecule has 0 amide bonds. The Morgan fingerprint density at radius 3 is 1.50 bits per heavy atom. The minimum Gasteiger partial charge on any atom is -0.277 e. The van der Waals surface area contributed by atoms with Crippen LogP contribution in [0.25, 0.3) is 20.2 Å². The minimum atomic E-state index is -4.10. The highest BCUT2D eigenvalue weighted by molar-refractivity contribution is 7.95. The average molecular weight is 646 g/mol. The Hall–Kier alpha value is -2.05. The van der Waals surface area contributed by atoms with Gasteiger partial charge in [0.05, 0.1) is 11.4 Å². The Kier molecular flexibility index (Phi) is 7.13. The molecule has 0 saturated heterocycles. The average Bonchev–Trinajstić information content (AvgIpc) is 3.34. The second-order valence-corrected chi connectivity index (χ2v) is 15.8. The zero-order valence-corrected chi connectivity index (χ0v) is 25.6. The topological polar surface area (TPSA) is 92.3 Å². The second kappa shape index (κ2) is 9.85. The molecule has 0 unspecified atom stereocenters. The van der Waals surface area contributed by atoms with Crippen LogP contribution in [0.3, 0.4) is 0 Å². The zero-order chi connectivity index (χ0) is 27.6. The van der Waals surface area contributed by atoms with Crippen LogP contribution in [0.2, 0.25) is 15.1 Å². The van der Waals surface area contributed by atoms with Gasteiger partial charge in [0.25, 0.3) is 20.0 Å². The van der Waals surface area contributed by atoms with Gasteiger partial charge in [0, 0.05) is 24.5 Å². The van der Waals surface area contributed by atoms with Crippen molar-refractivity contribution in [1.82, 2.24) is 0 Å². The standard InChI is InChI=1S/C25H19Cl3N2O4S4/c1-12-8-20(29-37(31,32)24-13(2)17-9-15(26)4-6-22(17)35-24)21(11-19(12)28)30-38(33,34)25-14(3)18-10-16(27)5-7-23(18)36-25/h4-11,29-30H,1-3H3. The van der Waals surface area contributed by atoms with Gasteiger partial charge in [-0.25, -0.2) is 16.8 Å². The van der Waals surface area contributed by atoms with Gasteiger partial charge in [-0.15, -0.1) is 22.7 Å². The number of sulfonamides is 2. The van der Waals surface area contributed by atoms with E-state index in [1.54, 1.807) is 57.2 Å². The van der Waals surface area contributed by atoms with E-state index in [-0.39, 0.29) is 24.8 Å². The number of nitrogens with one attached hydrogen (secondary N) is 2. The molecule has 0 saturated carbocycles. The van der Waals surface area contributed by atoms with Crippen molar-refractivity contribution in [2.24, 2.45) is 0 Å². The Morgan fingerprint density at radius 2 is 1.05 bits per heavy atom. The number of aryl methyl sites for hydroxylation is 3. The summed E-state index contributed by atoms with van der Waals surface area (Å²) >= 11 is 20.7. The fourth-order valence-electron chi connectivity index (χ4n) is 4.09. The molecule has 0 fully saturated rings. The van der Waals surface area contributed by atoms with Gasteiger partial charge in [-0.3, -0.25) is 9.44 Å². The zero-order valence-electron chi connectivity index (χ0n) is 20.0. The highest BCUT2D eigenvalue weighted by atomic mass is 35.5. The van der Waals surface area contributed by atoms with E-state index >= 15 is 0 Å². The minimum absolute atomic E-state index is 0.000808. The molecule has 3 aromatic carbocycles. The molecule has 0 aliphatic rings. The predicted octanol–water partition coefficient (Wildman–Crippen LogP) is 8.60. The maximum Gasteiger partial charge on any atom is 0.271 e. The summed E-state index contributed by atoms with van der Waals surface area (Å²) in [5, 5.41) is 2.73. The van der Waals surface area contributed by atoms with Crippen molar-refractivity contribution >= 4 is 109 Å². The summed E-state index contributed by atoms with van der Waals surface area (Å²) < 4.78 is 60.8. The molecule has 0 aliphatic carbocycles. The van der Waals surface area contributed by atoms with E-state index in [0.29, 0.717) is 26.7 Å². The molecule has 0 atom stereocenters. The van der Waals surface area contributed by atoms with E-state index in [9.17, 15) is 16.8 Å². The SMILES string of the molecule is Cc1cc(NS(=O)(=O)c2sc3ccc(Cl)cc3c2C)c(NS(=O)(=O)c2sc3ccc(Cl)cc3c2C)cc1Cl. The molecular formula is C25H19Cl3N2O4S4. The van der Waals surface area contributed by atoms with E-state index in [1.165, 1.54) is 12.1 Å². The number of thiophene rings is 2. The van der Waals surface area contributed by atoms with Gasteiger partial charge in [0.15, 0.2) is 0 Å². The Labute approximate surface area is 243 Å². The molecule has 0 radical (unpaired) electrons. The van der Waals surface area contributed by atoms with Gasteiger partial charge < -0.3 is 0 Å². The van der Waals surface area contributed by atoms with Crippen molar-refractivity contribution in [2.75, 3.05) is 9.44 Å². The van der Waals surface area contributed by atoms with Gasteiger partial charge in [-0.2, -0.15) is 0 Å². The maximum atomic E-state index is 13.5. The van der Waals surface area contributed by atoms with Gasteiger partial charge in [-0.1, -0.05) is 34.8 Å². The first kappa shape index (κ1) is 27.5. The van der Waals surface area contributed by atoms with E-state index in [0.717, 1.165) is 42.8 Å². The fourth-order valence-corrected chi connectivity index (χ4v) is 10.2. The predicted molar refractivity (Wildman–Crippen MR) is 161 cm³/mol. The summed E-state index contributed by atoms with van der Waals surface area (Å²) in [6.45, 7) is 5.11. The molecule has 0 bridgehead atoms. The summed E-state index contributed by atoms with van der Waals surface area (Å²) in [4.78, 5) is 0. The first-order chi connectivity index (χ1) is 17.8. The highest BCUT2D eigenvalue weighted by Gasteiger charge is 2.27. The van der Waals surface area contributed by atoms with Crippen LogP contribution in [-0.4, -0.2) is 16.8 Å². The summed E-state index contributed by atoms with van der Waals surface area (Å²) in [7, 11) is -8.19. The molecule has 13 heteroatoms. The fraction of sp³-hybridized carbons (Fsp3) is 0.120. The van der Waals surface area contributed by atoms with Crippen LogP contribution >= 0.6 is 57.5 Å². The summed E-state index contributed by atoms with van der Waals surface area (Å²) in [6.07, 6.45) is 0. The Bertz CT molecular complexity index is 1840. The lowest BCUT2D eigenvalue weighted by molar-refractivity contribution is 0.600. The monoisotopic (exact) mass is 644 g/mol. The molecule has 2 aromatic heterocycles. The van der Waals surface area contributed by atoms with Crippen LogP contribution in [-0.2, 0) is 20.0 Å². The third-order valence-electron chi connectivity index (χ3n) is 5.98. The van der Waals surface area contributed by atoms with Crippen LogP contribution in [0.5, 0.6) is 0 Å². The van der Waals surface area contributed by atoms with Gasteiger partial charge in [0.2, 0.25) is 0 Å². The Morgan fingerprint density at radius 1 is 0.632 bits per heavy atom. The quantitative estimate of drug-likeness (QED) is 0.193. The van der Waals surface area contributed by atoms with Crippen molar-refractivity contribution in [2.45, 2.75) is 29.2 Å². The van der Waals surface area contributed by atoms with E-state index in [2.05, 4.69) is 9.44 Å². The van der Waals surface area contributed by atoms with E-state index in [4.69, 9.17) is 34.8 Å². The van der Waals surface area contributed by atoms with Gasteiger partial charge in [-0.05, 0) is 96.8 Å². The van der Waals surface area contributed by atoms with Crippen molar-refractivity contribution in [3.05, 3.63) is 80.3 Å². The van der Waals surface area contributed by atoms with Gasteiger partial charge in [0.1, 0.15) is 8.42 Å². The number of rotatable bonds is 6. The molecule has 198 valence electrons. The number of hydrogen-bond donors (Lipinski definition) is 2. The largest absolute Gasteiger partial charge is 0.277 e. The molecule has 5 rings (SSSR count). The van der Waals surface area contributed by atoms with Crippen LogP contribution in [0, 0.1) is 20.8 Å². The van der Waals surface area contributed by atoms with Crippen molar-refractivity contribution in [3.8, 4) is 0 Å². The number of benzene rings is 3. The highest BCUT2D eigenvalue weighted by Crippen LogP contribution is 2.40. The first-order valence-corrected chi connectivity index (χ1v) is 16.7. The van der Waals surface area contributed by atoms with Crippen LogP contribution in [0.4, 0.5) is 11.4 Å². The lowest BCUT2D eigenvalue weighted by Gasteiger charge is -2.16. The second-order valence-electron chi connectivity index (χ2n) is 8.67. The van der Waals surface area contributed by atoms with Crippen LogP contribution in [0.1, 0.15) is 16.7 Å². The molecule has 0 aliphatic heterocycles. The number of fused-ring (bicyclic) bond motifs is 2. The normalized spacial score (nSPS) is 12.4. The number of halogens is 3. The molecular weight excluding hydrogens is 627 g/mol. The summed E-state index contributed by atoms with van der Waals surface area (Å²) in [6, 6.07) is 13.2. The lowest BCUT2D eigenvalue weighted by Crippen LogP contribution is -2.17. The Balaban J connectivity index is 1.57. The smallest absolute Gasteiger partial charge is 0.271 e. The molecule has 38 heavy (non-hydrogen) atoms. The molecule has 5 aromatic rings.